The van der Waals surface area contributed by atoms with Gasteiger partial charge in [-0.25, -0.2) is 4.79 Å². The van der Waals surface area contributed by atoms with Gasteiger partial charge in [0.25, 0.3) is 5.91 Å². The van der Waals surface area contributed by atoms with Gasteiger partial charge in [-0.3, -0.25) is 14.6 Å². The van der Waals surface area contributed by atoms with E-state index >= 15 is 0 Å². The Hall–Kier alpha value is -1.80. The Labute approximate surface area is 114 Å². The SMILES string of the molecule is C#CCN(CC=C)CCCN1C(=O)NC(C)(C)C1=O. The molecule has 19 heavy (non-hydrogen) atoms. The number of urea groups is 1. The second-order valence-electron chi connectivity index (χ2n) is 5.09. The lowest BCUT2D eigenvalue weighted by molar-refractivity contribution is -0.130. The van der Waals surface area contributed by atoms with Crippen LogP contribution >= 0.6 is 0 Å². The molecule has 0 atom stereocenters. The van der Waals surface area contributed by atoms with Crippen LogP contribution in [0.15, 0.2) is 12.7 Å². The van der Waals surface area contributed by atoms with Gasteiger partial charge in [0, 0.05) is 19.6 Å². The molecule has 1 N–H and O–H groups in total. The third-order valence-corrected chi connectivity index (χ3v) is 3.00. The topological polar surface area (TPSA) is 52.6 Å². The summed E-state index contributed by atoms with van der Waals surface area (Å²) in [6, 6.07) is -0.317. The summed E-state index contributed by atoms with van der Waals surface area (Å²) in [7, 11) is 0. The second-order valence-corrected chi connectivity index (χ2v) is 5.09. The predicted octanol–water partition coefficient (Wildman–Crippen LogP) is 0.828. The fraction of sp³-hybridized carbons (Fsp3) is 0.571. The number of carbonyl (C=O) groups is 2. The highest BCUT2D eigenvalue weighted by molar-refractivity contribution is 6.06. The maximum absolute atomic E-state index is 11.9. The van der Waals surface area contributed by atoms with Crippen LogP contribution in [0.5, 0.6) is 0 Å². The number of nitrogens with one attached hydrogen (secondary N) is 1. The number of hydrogen-bond donors (Lipinski definition) is 1. The highest BCUT2D eigenvalue weighted by Gasteiger charge is 2.43. The Morgan fingerprint density at radius 1 is 1.53 bits per heavy atom. The van der Waals surface area contributed by atoms with Gasteiger partial charge < -0.3 is 5.32 Å². The van der Waals surface area contributed by atoms with Crippen LogP contribution < -0.4 is 5.32 Å². The maximum atomic E-state index is 11.9. The van der Waals surface area contributed by atoms with E-state index in [1.54, 1.807) is 19.9 Å². The summed E-state index contributed by atoms with van der Waals surface area (Å²) in [4.78, 5) is 26.9. The van der Waals surface area contributed by atoms with E-state index in [0.29, 0.717) is 26.1 Å². The van der Waals surface area contributed by atoms with Crippen molar-refractivity contribution < 1.29 is 9.59 Å². The van der Waals surface area contributed by atoms with Crippen molar-refractivity contribution in [2.75, 3.05) is 26.2 Å². The fourth-order valence-corrected chi connectivity index (χ4v) is 2.02. The van der Waals surface area contributed by atoms with Crippen molar-refractivity contribution in [2.24, 2.45) is 0 Å². The molecular weight excluding hydrogens is 242 g/mol. The summed E-state index contributed by atoms with van der Waals surface area (Å²) in [5, 5.41) is 2.66. The van der Waals surface area contributed by atoms with Gasteiger partial charge in [-0.2, -0.15) is 0 Å². The van der Waals surface area contributed by atoms with Gasteiger partial charge >= 0.3 is 6.03 Å². The Morgan fingerprint density at radius 3 is 2.68 bits per heavy atom. The molecule has 1 fully saturated rings. The normalized spacial score (nSPS) is 17.5. The van der Waals surface area contributed by atoms with E-state index in [-0.39, 0.29) is 11.9 Å². The molecule has 3 amide bonds. The Kier molecular flexibility index (Phi) is 5.13. The van der Waals surface area contributed by atoms with Crippen LogP contribution in [0.25, 0.3) is 0 Å². The monoisotopic (exact) mass is 263 g/mol. The summed E-state index contributed by atoms with van der Waals surface area (Å²) in [5.74, 6) is 2.40. The zero-order valence-electron chi connectivity index (χ0n) is 11.6. The smallest absolute Gasteiger partial charge is 0.324 e. The van der Waals surface area contributed by atoms with Crippen LogP contribution in [0.4, 0.5) is 4.79 Å². The fourth-order valence-electron chi connectivity index (χ4n) is 2.02. The zero-order valence-corrected chi connectivity index (χ0v) is 11.6. The Bertz CT molecular complexity index is 409. The summed E-state index contributed by atoms with van der Waals surface area (Å²) in [5.41, 5.74) is -0.795. The van der Waals surface area contributed by atoms with Crippen molar-refractivity contribution in [1.29, 1.82) is 0 Å². The molecule has 1 aliphatic rings. The largest absolute Gasteiger partial charge is 0.325 e. The average Bonchev–Trinajstić information content (AvgIpc) is 2.51. The maximum Gasteiger partial charge on any atom is 0.325 e. The molecule has 5 nitrogen and oxygen atoms in total. The molecule has 0 spiro atoms. The first-order valence-electron chi connectivity index (χ1n) is 6.33. The average molecular weight is 263 g/mol. The van der Waals surface area contributed by atoms with Crippen molar-refractivity contribution in [2.45, 2.75) is 25.8 Å². The van der Waals surface area contributed by atoms with Crippen LogP contribution in [0.2, 0.25) is 0 Å². The van der Waals surface area contributed by atoms with Crippen molar-refractivity contribution in [3.63, 3.8) is 0 Å². The van der Waals surface area contributed by atoms with Gasteiger partial charge in [0.2, 0.25) is 0 Å². The quantitative estimate of drug-likeness (QED) is 0.420. The molecule has 0 aliphatic carbocycles. The molecule has 0 unspecified atom stereocenters. The van der Waals surface area contributed by atoms with Gasteiger partial charge in [-0.05, 0) is 20.3 Å². The van der Waals surface area contributed by atoms with E-state index in [0.717, 1.165) is 6.54 Å². The molecule has 1 rings (SSSR count). The highest BCUT2D eigenvalue weighted by atomic mass is 16.2. The number of nitrogens with zero attached hydrogens (tertiary/aromatic N) is 2. The number of imide groups is 1. The molecule has 1 heterocycles. The van der Waals surface area contributed by atoms with E-state index in [2.05, 4.69) is 17.8 Å². The number of amides is 3. The van der Waals surface area contributed by atoms with Crippen molar-refractivity contribution in [3.8, 4) is 12.3 Å². The van der Waals surface area contributed by atoms with Gasteiger partial charge in [0.05, 0.1) is 6.54 Å². The molecule has 5 heteroatoms. The molecule has 0 aromatic heterocycles. The van der Waals surface area contributed by atoms with Crippen LogP contribution in [0, 0.1) is 12.3 Å². The Morgan fingerprint density at radius 2 is 2.21 bits per heavy atom. The van der Waals surface area contributed by atoms with Crippen molar-refractivity contribution >= 4 is 11.9 Å². The first-order chi connectivity index (χ1) is 8.92. The molecule has 0 saturated carbocycles. The van der Waals surface area contributed by atoms with Gasteiger partial charge in [0.15, 0.2) is 0 Å². The molecule has 0 radical (unpaired) electrons. The highest BCUT2D eigenvalue weighted by Crippen LogP contribution is 2.16. The van der Waals surface area contributed by atoms with Gasteiger partial charge in [-0.1, -0.05) is 12.0 Å². The minimum absolute atomic E-state index is 0.176. The molecule has 1 aliphatic heterocycles. The van der Waals surface area contributed by atoms with Crippen molar-refractivity contribution in [1.82, 2.24) is 15.1 Å². The van der Waals surface area contributed by atoms with E-state index < -0.39 is 5.54 Å². The summed E-state index contributed by atoms with van der Waals surface area (Å²) in [6.45, 7) is 9.46. The molecule has 104 valence electrons. The van der Waals surface area contributed by atoms with Gasteiger partial charge in [0.1, 0.15) is 5.54 Å². The minimum Gasteiger partial charge on any atom is -0.324 e. The molecule has 0 aromatic carbocycles. The number of hydrogen-bond acceptors (Lipinski definition) is 3. The lowest BCUT2D eigenvalue weighted by Crippen LogP contribution is -2.40. The summed E-state index contributed by atoms with van der Waals surface area (Å²) < 4.78 is 0. The number of terminal acetylenes is 1. The number of rotatable bonds is 7. The van der Waals surface area contributed by atoms with Crippen LogP contribution in [-0.4, -0.2) is 53.5 Å². The minimum atomic E-state index is -0.795. The molecule has 1 saturated heterocycles. The third kappa shape index (κ3) is 3.83. The third-order valence-electron chi connectivity index (χ3n) is 3.00. The summed E-state index contributed by atoms with van der Waals surface area (Å²) >= 11 is 0. The lowest BCUT2D eigenvalue weighted by Gasteiger charge is -2.20. The lowest BCUT2D eigenvalue weighted by atomic mass is 10.1. The zero-order chi connectivity index (χ0) is 14.5. The van der Waals surface area contributed by atoms with E-state index in [9.17, 15) is 9.59 Å². The molecule has 0 bridgehead atoms. The standard InChI is InChI=1S/C14H21N3O2/c1-5-8-16(9-6-2)10-7-11-17-12(18)14(3,4)15-13(17)19/h1,6H,2,7-11H2,3-4H3,(H,15,19). The first-order valence-corrected chi connectivity index (χ1v) is 6.33. The first kappa shape index (κ1) is 15.3. The van der Waals surface area contributed by atoms with Crippen LogP contribution in [0.3, 0.4) is 0 Å². The van der Waals surface area contributed by atoms with Crippen LogP contribution in [-0.2, 0) is 4.79 Å². The Balaban J connectivity index is 2.45. The van der Waals surface area contributed by atoms with E-state index in [1.165, 1.54) is 4.90 Å². The molecular formula is C14H21N3O2. The number of carbonyl (C=O) groups excluding carboxylic acids is 2. The van der Waals surface area contributed by atoms with Crippen LogP contribution in [0.1, 0.15) is 20.3 Å². The predicted molar refractivity (Wildman–Crippen MR) is 74.4 cm³/mol. The van der Waals surface area contributed by atoms with Gasteiger partial charge in [-0.15, -0.1) is 13.0 Å². The van der Waals surface area contributed by atoms with E-state index in [4.69, 9.17) is 6.42 Å². The molecule has 0 aromatic rings. The summed E-state index contributed by atoms with van der Waals surface area (Å²) in [6.07, 6.45) is 7.76. The second kappa shape index (κ2) is 6.39. The van der Waals surface area contributed by atoms with E-state index in [1.807, 2.05) is 4.90 Å². The van der Waals surface area contributed by atoms with Crippen molar-refractivity contribution in [3.05, 3.63) is 12.7 Å².